The van der Waals surface area contributed by atoms with Crippen molar-refractivity contribution in [2.75, 3.05) is 20.8 Å². The summed E-state index contributed by atoms with van der Waals surface area (Å²) in [4.78, 5) is 2.21. The Labute approximate surface area is 146 Å². The molecule has 130 valence electrons. The van der Waals surface area contributed by atoms with Gasteiger partial charge in [0.2, 0.25) is 0 Å². The Morgan fingerprint density at radius 2 is 1.96 bits per heavy atom. The predicted octanol–water partition coefficient (Wildman–Crippen LogP) is 2.40. The number of aliphatic hydroxyl groups excluding tert-OH is 1. The first-order valence-corrected chi connectivity index (χ1v) is 8.26. The zero-order chi connectivity index (χ0) is 17.4. The molecule has 1 N–H and O–H groups in total. The van der Waals surface area contributed by atoms with Crippen LogP contribution in [0.4, 0.5) is 0 Å². The summed E-state index contributed by atoms with van der Waals surface area (Å²) in [5, 5.41) is 15.1. The van der Waals surface area contributed by atoms with Crippen LogP contribution in [0.15, 0.2) is 42.7 Å². The van der Waals surface area contributed by atoms with Gasteiger partial charge < -0.3 is 14.6 Å². The minimum absolute atomic E-state index is 0.542. The summed E-state index contributed by atoms with van der Waals surface area (Å²) in [6, 6.07) is 9.77. The van der Waals surface area contributed by atoms with Crippen LogP contribution in [0.5, 0.6) is 11.5 Å². The molecule has 0 fully saturated rings. The lowest BCUT2D eigenvalue weighted by atomic mass is 9.95. The third kappa shape index (κ3) is 2.73. The molecule has 1 aliphatic heterocycles. The molecule has 6 heteroatoms. The monoisotopic (exact) mass is 339 g/mol. The van der Waals surface area contributed by atoms with Crippen molar-refractivity contribution in [1.82, 2.24) is 14.5 Å². The Kier molecular flexibility index (Phi) is 4.07. The van der Waals surface area contributed by atoms with E-state index in [0.717, 1.165) is 28.0 Å². The normalized spacial score (nSPS) is 17.5. The first kappa shape index (κ1) is 15.9. The van der Waals surface area contributed by atoms with Gasteiger partial charge in [-0.05, 0) is 24.3 Å². The van der Waals surface area contributed by atoms with E-state index in [0.29, 0.717) is 25.4 Å². The van der Waals surface area contributed by atoms with Gasteiger partial charge in [0, 0.05) is 42.5 Å². The lowest BCUT2D eigenvalue weighted by Gasteiger charge is -2.33. The fourth-order valence-electron chi connectivity index (χ4n) is 3.62. The Morgan fingerprint density at radius 1 is 1.16 bits per heavy atom. The average Bonchev–Trinajstić information content (AvgIpc) is 3.04. The second-order valence-corrected chi connectivity index (χ2v) is 6.25. The van der Waals surface area contributed by atoms with Crippen LogP contribution in [0.25, 0.3) is 5.52 Å². The van der Waals surface area contributed by atoms with E-state index >= 15 is 0 Å². The summed E-state index contributed by atoms with van der Waals surface area (Å²) >= 11 is 0. The van der Waals surface area contributed by atoms with Crippen LogP contribution in [0.3, 0.4) is 0 Å². The smallest absolute Gasteiger partial charge is 0.125 e. The maximum absolute atomic E-state index is 10.7. The summed E-state index contributed by atoms with van der Waals surface area (Å²) < 4.78 is 12.8. The molecule has 0 amide bonds. The maximum Gasteiger partial charge on any atom is 0.125 e. The molecule has 2 aromatic heterocycles. The van der Waals surface area contributed by atoms with Crippen LogP contribution in [0.2, 0.25) is 0 Å². The van der Waals surface area contributed by atoms with Gasteiger partial charge in [-0.2, -0.15) is 5.10 Å². The van der Waals surface area contributed by atoms with E-state index in [9.17, 15) is 5.11 Å². The number of rotatable bonds is 4. The number of nitrogens with zero attached hydrogens (tertiary/aromatic N) is 3. The van der Waals surface area contributed by atoms with Crippen molar-refractivity contribution in [2.24, 2.45) is 0 Å². The van der Waals surface area contributed by atoms with Gasteiger partial charge in [0.05, 0.1) is 32.0 Å². The van der Waals surface area contributed by atoms with Gasteiger partial charge in [0.25, 0.3) is 0 Å². The van der Waals surface area contributed by atoms with Crippen molar-refractivity contribution >= 4 is 5.52 Å². The summed E-state index contributed by atoms with van der Waals surface area (Å²) in [6.45, 7) is 1.95. The average molecular weight is 339 g/mol. The van der Waals surface area contributed by atoms with Crippen molar-refractivity contribution in [3.8, 4) is 11.5 Å². The van der Waals surface area contributed by atoms with E-state index in [1.165, 1.54) is 0 Å². The summed E-state index contributed by atoms with van der Waals surface area (Å²) in [7, 11) is 3.28. The van der Waals surface area contributed by atoms with Gasteiger partial charge in [-0.1, -0.05) is 6.07 Å². The van der Waals surface area contributed by atoms with E-state index in [-0.39, 0.29) is 0 Å². The molecule has 3 heterocycles. The van der Waals surface area contributed by atoms with E-state index in [2.05, 4.69) is 16.1 Å². The largest absolute Gasteiger partial charge is 0.496 e. The quantitative estimate of drug-likeness (QED) is 0.791. The number of methoxy groups -OCH3 is 2. The lowest BCUT2D eigenvalue weighted by molar-refractivity contribution is 0.0845. The van der Waals surface area contributed by atoms with Gasteiger partial charge in [-0.15, -0.1) is 0 Å². The van der Waals surface area contributed by atoms with Crippen molar-refractivity contribution in [3.63, 3.8) is 0 Å². The first-order valence-electron chi connectivity index (χ1n) is 8.26. The lowest BCUT2D eigenvalue weighted by Crippen LogP contribution is -2.33. The van der Waals surface area contributed by atoms with Crippen molar-refractivity contribution in [1.29, 1.82) is 0 Å². The minimum Gasteiger partial charge on any atom is -0.496 e. The molecule has 1 aliphatic rings. The minimum atomic E-state index is -0.615. The number of fused-ring (bicyclic) bond motifs is 2. The van der Waals surface area contributed by atoms with Crippen LogP contribution >= 0.6 is 0 Å². The van der Waals surface area contributed by atoms with E-state index in [1.54, 1.807) is 14.2 Å². The summed E-state index contributed by atoms with van der Waals surface area (Å²) in [6.07, 6.45) is 3.21. The molecular formula is C19H21N3O3. The molecule has 0 aliphatic carbocycles. The van der Waals surface area contributed by atoms with Gasteiger partial charge in [0.1, 0.15) is 11.5 Å². The molecule has 3 aromatic rings. The fourth-order valence-corrected chi connectivity index (χ4v) is 3.62. The highest BCUT2D eigenvalue weighted by molar-refractivity contribution is 5.54. The van der Waals surface area contributed by atoms with Crippen LogP contribution in [-0.4, -0.2) is 40.4 Å². The number of pyridine rings is 1. The van der Waals surface area contributed by atoms with Gasteiger partial charge >= 0.3 is 0 Å². The van der Waals surface area contributed by atoms with Gasteiger partial charge in [-0.25, -0.2) is 4.52 Å². The van der Waals surface area contributed by atoms with E-state index in [1.807, 2.05) is 41.2 Å². The zero-order valence-corrected chi connectivity index (χ0v) is 14.3. The van der Waals surface area contributed by atoms with Crippen LogP contribution < -0.4 is 9.47 Å². The number of benzene rings is 1. The number of aromatic nitrogens is 2. The van der Waals surface area contributed by atoms with E-state index in [4.69, 9.17) is 9.47 Å². The van der Waals surface area contributed by atoms with Crippen molar-refractivity contribution in [2.45, 2.75) is 19.2 Å². The first-order chi connectivity index (χ1) is 12.2. The number of hydrogen-bond donors (Lipinski definition) is 1. The Bertz CT molecular complexity index is 906. The predicted molar refractivity (Wildman–Crippen MR) is 93.8 cm³/mol. The molecule has 1 aromatic carbocycles. The molecule has 1 atom stereocenters. The summed E-state index contributed by atoms with van der Waals surface area (Å²) in [5.41, 5.74) is 4.04. The third-order valence-corrected chi connectivity index (χ3v) is 4.76. The molecule has 6 nitrogen and oxygen atoms in total. The van der Waals surface area contributed by atoms with E-state index < -0.39 is 6.10 Å². The molecule has 0 unspecified atom stereocenters. The Morgan fingerprint density at radius 3 is 2.76 bits per heavy atom. The van der Waals surface area contributed by atoms with Crippen LogP contribution in [0, 0.1) is 0 Å². The highest BCUT2D eigenvalue weighted by Gasteiger charge is 2.29. The molecule has 4 rings (SSSR count). The SMILES string of the molecule is COc1ccc(OC)c2c1CN(Cc1cnn3ccccc13)C[C@H]2O. The third-order valence-electron chi connectivity index (χ3n) is 4.76. The zero-order valence-electron chi connectivity index (χ0n) is 14.3. The molecular weight excluding hydrogens is 318 g/mol. The molecule has 0 bridgehead atoms. The van der Waals surface area contributed by atoms with Crippen molar-refractivity contribution < 1.29 is 14.6 Å². The highest BCUT2D eigenvalue weighted by Crippen LogP contribution is 2.39. The Hall–Kier alpha value is -2.57. The molecule has 0 saturated carbocycles. The molecule has 0 radical (unpaired) electrons. The number of ether oxygens (including phenoxy) is 2. The Balaban J connectivity index is 1.67. The van der Waals surface area contributed by atoms with Crippen molar-refractivity contribution in [3.05, 3.63) is 59.4 Å². The topological polar surface area (TPSA) is 59.2 Å². The number of aliphatic hydroxyl groups is 1. The number of β-amino-alcohol motifs (C(OH)–C–C–N with tert-alkyl or cyclic N) is 1. The van der Waals surface area contributed by atoms with Crippen LogP contribution in [0.1, 0.15) is 22.8 Å². The standard InChI is InChI=1S/C19H21N3O3/c1-24-17-6-7-18(25-2)19-14(17)11-21(12-16(19)23)10-13-9-20-22-8-4-3-5-15(13)22/h3-9,16,23H,10-12H2,1-2H3/t16-/m1/s1. The number of hydrogen-bond acceptors (Lipinski definition) is 5. The second kappa shape index (κ2) is 6.38. The van der Waals surface area contributed by atoms with Crippen LogP contribution in [-0.2, 0) is 13.1 Å². The van der Waals surface area contributed by atoms with Gasteiger partial charge in [0.15, 0.2) is 0 Å². The second-order valence-electron chi connectivity index (χ2n) is 6.25. The summed E-state index contributed by atoms with van der Waals surface area (Å²) in [5.74, 6) is 1.48. The highest BCUT2D eigenvalue weighted by atomic mass is 16.5. The van der Waals surface area contributed by atoms with Gasteiger partial charge in [-0.3, -0.25) is 4.90 Å². The molecule has 25 heavy (non-hydrogen) atoms. The molecule has 0 spiro atoms. The fraction of sp³-hybridized carbons (Fsp3) is 0.316. The molecule has 0 saturated heterocycles. The maximum atomic E-state index is 10.7.